The number of hydrogen-bond donors (Lipinski definition) is 6. The van der Waals surface area contributed by atoms with Gasteiger partial charge < -0.3 is 190 Å². The number of hydrogen-bond acceptors (Lipinski definition) is 0. The molecule has 0 radical (unpaired) electrons. The molecule has 41 heteroatoms. The van der Waals surface area contributed by atoms with E-state index in [0.717, 1.165) is 0 Å². The van der Waals surface area contributed by atoms with Crippen LogP contribution >= 0.6 is 0 Å². The van der Waals surface area contributed by atoms with Crippen molar-refractivity contribution in [2.45, 2.75) is 0 Å². The third-order valence-corrected chi connectivity index (χ3v) is 0. The summed E-state index contributed by atoms with van der Waals surface area (Å²) in [7, 11) is 0. The van der Waals surface area contributed by atoms with Crippen LogP contribution in [0.1, 0.15) is 0 Å². The third kappa shape index (κ3) is 6250. The Morgan fingerprint density at radius 1 is 0.0976 bits per heavy atom. The molecule has 0 heterocycles. The first-order valence-electron chi connectivity index (χ1n) is 0. The molecule has 32 N–H and O–H groups in total. The van der Waals surface area contributed by atoms with Gasteiger partial charge in [-0.2, -0.15) is 0 Å². The summed E-state index contributed by atoms with van der Waals surface area (Å²) in [6.45, 7) is 0. The predicted molar refractivity (Wildman–Crippen MR) is 66.8 cm³/mol. The molecule has 0 amide bonds. The molecule has 0 aromatic carbocycles. The van der Waals surface area contributed by atoms with Crippen LogP contribution in [-0.2, 0) is 279 Å². The molecule has 34 nitrogen and oxygen atoms in total. The molecule has 0 aromatic rings. The van der Waals surface area contributed by atoms with E-state index >= 15 is 0 Å². The van der Waals surface area contributed by atoms with Crippen molar-refractivity contribution in [1.29, 1.82) is 0 Å². The molecule has 0 saturated carbocycles. The van der Waals surface area contributed by atoms with E-state index < -0.39 is 0 Å². The van der Waals surface area contributed by atoms with E-state index in [1.807, 2.05) is 0 Å². The maximum atomic E-state index is 0. The van der Waals surface area contributed by atoms with Crippen molar-refractivity contribution < 1.29 is 301 Å². The number of rotatable bonds is 0. The van der Waals surface area contributed by atoms with Crippen LogP contribution < -0.4 is 36.9 Å². The van der Waals surface area contributed by atoms with Crippen molar-refractivity contribution in [1.82, 2.24) is 36.9 Å². The molecule has 0 fully saturated rings. The fraction of sp³-hybridized carbons (Fsp3) is 0. The second-order valence-corrected chi connectivity index (χ2v) is 0. The van der Waals surface area contributed by atoms with E-state index in [4.69, 9.17) is 0 Å². The zero-order valence-corrected chi connectivity index (χ0v) is 34.7. The summed E-state index contributed by atoms with van der Waals surface area (Å²) in [4.78, 5) is 0. The van der Waals surface area contributed by atoms with Crippen LogP contribution in [0.2, 0.25) is 0 Å². The molecule has 0 aliphatic heterocycles. The Bertz CT molecular complexity index is 49.9. The summed E-state index contributed by atoms with van der Waals surface area (Å²) in [5.41, 5.74) is 0. The van der Waals surface area contributed by atoms with Gasteiger partial charge in [0.15, 0.2) is 0 Å². The van der Waals surface area contributed by atoms with Gasteiger partial charge in [0.05, 0.1) is 0 Å². The fourth-order valence-electron chi connectivity index (χ4n) is 0. The van der Waals surface area contributed by atoms with Gasteiger partial charge in [0.2, 0.25) is 0 Å². The molecule has 0 aliphatic carbocycles. The molecule has 0 bridgehead atoms. The van der Waals surface area contributed by atoms with Crippen molar-refractivity contribution >= 4 is 0 Å². The Hall–Kier alpha value is 3.46. The van der Waals surface area contributed by atoms with E-state index in [2.05, 4.69) is 0 Å². The molecule has 0 spiro atoms. The summed E-state index contributed by atoms with van der Waals surface area (Å²) in [5.74, 6) is 0. The van der Waals surface area contributed by atoms with Crippen LogP contribution in [0.3, 0.4) is 0 Å². The molecule has 0 atom stereocenters. The van der Waals surface area contributed by atoms with Crippen LogP contribution in [0.5, 0.6) is 0 Å². The first kappa shape index (κ1) is 7020. The average Bonchev–Trinajstić information content (AvgIpc) is 0. The SMILES string of the molecule is O.O.O.O.[99Mo].[99Mo].[99Mo].[99Mo].[99Mo].[99Mo].[99Mo].[NH4+].[NH4+].[NH4+].[NH4+].[NH4+].[NH4+].[O-2].[O-2].[O-2].[O-2].[O-2].[O-2].[O-2].[O-2].[O-2].[O-2].[O-2].[O-2].[O-2].[O-2].[O-2].[O-2].[O-2].[O-2].[O-2].[O-2].[O-2].[O-2].[O-2].[O-2]. The van der Waals surface area contributed by atoms with Crippen molar-refractivity contribution in [3.8, 4) is 0 Å². The van der Waals surface area contributed by atoms with E-state index in [-0.39, 0.29) is 338 Å². The summed E-state index contributed by atoms with van der Waals surface area (Å²) in [6.07, 6.45) is 0. The van der Waals surface area contributed by atoms with Crippen molar-refractivity contribution in [3.05, 3.63) is 0 Å². The van der Waals surface area contributed by atoms with Gasteiger partial charge in [-0.1, -0.05) is 0 Å². The van der Waals surface area contributed by atoms with E-state index in [1.165, 1.54) is 0 Å². The minimum absolute atomic E-state index is 0. The fourth-order valence-corrected chi connectivity index (χ4v) is 0. The van der Waals surface area contributed by atoms with Gasteiger partial charge in [-0.25, -0.2) is 0 Å². The minimum Gasteiger partial charge on any atom is -2.00 e. The van der Waals surface area contributed by atoms with Crippen LogP contribution in [0.4, 0.5) is 0 Å². The molecule has 0 unspecified atom stereocenters. The van der Waals surface area contributed by atoms with Crippen LogP contribution in [0.25, 0.3) is 0 Å². The Labute approximate surface area is 334 Å². The Kier molecular flexibility index (Phi) is 1120000. The van der Waals surface area contributed by atoms with Gasteiger partial charge >= 0.3 is 0 Å². The van der Waals surface area contributed by atoms with Crippen molar-refractivity contribution in [2.75, 3.05) is 0 Å². The summed E-state index contributed by atoms with van der Waals surface area (Å²) >= 11 is 0. The monoisotopic (exact) mass is 1260 g/mol. The zero-order valence-electron chi connectivity index (χ0n) is 20.7. The van der Waals surface area contributed by atoms with Crippen LogP contribution in [-0.4, -0.2) is 21.9 Å². The topological polar surface area (TPSA) is 1030 Å². The van der Waals surface area contributed by atoms with E-state index in [0.29, 0.717) is 0 Å². The van der Waals surface area contributed by atoms with E-state index in [9.17, 15) is 0 Å². The normalized spacial score (nSPS) is 0. The van der Waals surface area contributed by atoms with Gasteiger partial charge in [-0.05, 0) is 0 Å². The summed E-state index contributed by atoms with van der Waals surface area (Å²) < 4.78 is 0. The molecule has 314 valence electrons. The number of quaternary nitrogens is 6. The van der Waals surface area contributed by atoms with Crippen molar-refractivity contribution in [2.24, 2.45) is 0 Å². The first-order valence-corrected chi connectivity index (χ1v) is 0. The molecule has 0 saturated heterocycles. The quantitative estimate of drug-likeness (QED) is 0.127. The Morgan fingerprint density at radius 3 is 0.0976 bits per heavy atom. The van der Waals surface area contributed by atoms with E-state index in [1.54, 1.807) is 0 Å². The second kappa shape index (κ2) is 6550. The molecular formula is H32Mo7N6O28-42. The van der Waals surface area contributed by atoms with Gasteiger partial charge in [0, 0.05) is 147 Å². The Morgan fingerprint density at radius 2 is 0.0976 bits per heavy atom. The molecule has 0 rings (SSSR count). The maximum absolute atomic E-state index is 0. The molecular weight excluding hydrogens is 1220 g/mol. The van der Waals surface area contributed by atoms with Gasteiger partial charge in [0.1, 0.15) is 0 Å². The maximum Gasteiger partial charge on any atom is 0 e. The molecule has 41 heavy (non-hydrogen) atoms. The van der Waals surface area contributed by atoms with Gasteiger partial charge in [0.25, 0.3) is 0 Å². The van der Waals surface area contributed by atoms with Crippen molar-refractivity contribution in [3.63, 3.8) is 0 Å². The predicted octanol–water partition coefficient (Wildman–Crippen LogP) is -3.91. The Balaban J connectivity index is 0. The summed E-state index contributed by atoms with van der Waals surface area (Å²) in [6, 6.07) is 0. The largest absolute Gasteiger partial charge is 2.00 e. The zero-order chi connectivity index (χ0) is 0. The molecule has 0 aliphatic rings. The smallest absolute Gasteiger partial charge is 0 e. The van der Waals surface area contributed by atoms with Crippen LogP contribution in [0, 0.1) is 0 Å². The molecule has 0 aromatic heterocycles. The van der Waals surface area contributed by atoms with Crippen LogP contribution in [0.15, 0.2) is 0 Å². The summed E-state index contributed by atoms with van der Waals surface area (Å²) in [5, 5.41) is 0. The average molecular weight is 1260 g/mol. The minimum atomic E-state index is 0. The van der Waals surface area contributed by atoms with Gasteiger partial charge in [-0.3, -0.25) is 0 Å². The van der Waals surface area contributed by atoms with Gasteiger partial charge in [-0.15, -0.1) is 0 Å². The first-order chi connectivity index (χ1) is 0. The standard InChI is InChI=1S/7Mo.6H3N.4H2O.24O/h;;;;;;;6*1H3;4*1H2;;;;;;;;;;;;;;;;;;;;;;;;/q;;;;;;;;;;;;;;;;;24*-2/p+6/i7*1+3;;;;;;;;;;;;;;;;;;;;;;;;;;;;;;;;;;. The second-order valence-electron chi connectivity index (χ2n) is 0. The third-order valence-electron chi connectivity index (χ3n) is 0.